The van der Waals surface area contributed by atoms with Crippen molar-refractivity contribution >= 4 is 11.9 Å². The van der Waals surface area contributed by atoms with Crippen molar-refractivity contribution in [1.82, 2.24) is 0 Å². The fourth-order valence-corrected chi connectivity index (χ4v) is 11.3. The van der Waals surface area contributed by atoms with Gasteiger partial charge in [-0.2, -0.15) is 0 Å². The summed E-state index contributed by atoms with van der Waals surface area (Å²) in [5.41, 5.74) is 0.632. The highest BCUT2D eigenvalue weighted by Gasteiger charge is 2.71. The van der Waals surface area contributed by atoms with Crippen LogP contribution in [0.15, 0.2) is 23.3 Å². The van der Waals surface area contributed by atoms with E-state index in [0.717, 1.165) is 44.9 Å². The topological polar surface area (TPSA) is 83.8 Å². The largest absolute Gasteiger partial charge is 0.481 e. The van der Waals surface area contributed by atoms with Gasteiger partial charge in [-0.05, 0) is 111 Å². The number of carboxylic acids is 1. The van der Waals surface area contributed by atoms with Crippen LogP contribution < -0.4 is 0 Å². The molecule has 9 atom stereocenters. The quantitative estimate of drug-likeness (QED) is 0.212. The maximum absolute atomic E-state index is 13.4. The van der Waals surface area contributed by atoms with Gasteiger partial charge < -0.3 is 14.9 Å². The van der Waals surface area contributed by atoms with E-state index in [4.69, 9.17) is 4.74 Å². The van der Waals surface area contributed by atoms with Crippen molar-refractivity contribution in [3.63, 3.8) is 0 Å². The summed E-state index contributed by atoms with van der Waals surface area (Å²) in [7, 11) is 0. The first-order valence-electron chi connectivity index (χ1n) is 15.9. The first kappa shape index (κ1) is 29.9. The lowest BCUT2D eigenvalue weighted by Gasteiger charge is -2.71. The average Bonchev–Trinajstić information content (AvgIpc) is 2.85. The molecule has 2 N–H and O–H groups in total. The van der Waals surface area contributed by atoms with E-state index in [0.29, 0.717) is 30.3 Å². The summed E-state index contributed by atoms with van der Waals surface area (Å²) in [4.78, 5) is 26.4. The van der Waals surface area contributed by atoms with Crippen molar-refractivity contribution in [3.05, 3.63) is 23.3 Å². The maximum atomic E-state index is 13.4. The van der Waals surface area contributed by atoms with Crippen LogP contribution in [0, 0.1) is 50.2 Å². The van der Waals surface area contributed by atoms with Crippen LogP contribution in [-0.2, 0) is 14.3 Å². The molecule has 0 aromatic carbocycles. The standard InChI is InChI=1S/C35H54O5/c1-10-21(2)28(37)40-27-20-30(3,4)19-23-22-11-12-25-32(7)15-14-26(36)31(5,6)24(32)13-16-34(25,9)33(22,8)17-18-35(23,27)29(38)39/h10-11,23-27,36H,12-20H2,1-9H3,(H,38,39)/b21-10+/t23-,24?,25-,26+,27-,32+,33-,34-,35+/m1/s1. The second kappa shape index (κ2) is 9.19. The summed E-state index contributed by atoms with van der Waals surface area (Å²) in [5, 5.41) is 21.9. The van der Waals surface area contributed by atoms with E-state index >= 15 is 0 Å². The lowest BCUT2D eigenvalue weighted by Crippen LogP contribution is -2.66. The number of hydrogen-bond acceptors (Lipinski definition) is 4. The van der Waals surface area contributed by atoms with E-state index in [1.54, 1.807) is 13.0 Å². The Morgan fingerprint density at radius 2 is 1.62 bits per heavy atom. The molecule has 5 rings (SSSR count). The lowest BCUT2D eigenvalue weighted by molar-refractivity contribution is -0.215. The van der Waals surface area contributed by atoms with Crippen molar-refractivity contribution in [2.24, 2.45) is 50.2 Å². The van der Waals surface area contributed by atoms with E-state index in [1.165, 1.54) is 5.57 Å². The van der Waals surface area contributed by atoms with E-state index in [9.17, 15) is 19.8 Å². The van der Waals surface area contributed by atoms with Gasteiger partial charge in [-0.15, -0.1) is 0 Å². The number of carbonyl (C=O) groups is 2. The van der Waals surface area contributed by atoms with Crippen LogP contribution in [-0.4, -0.2) is 34.4 Å². The van der Waals surface area contributed by atoms with Gasteiger partial charge in [0.15, 0.2) is 0 Å². The Balaban J connectivity index is 1.60. The third-order valence-electron chi connectivity index (χ3n) is 14.0. The number of hydrogen-bond donors (Lipinski definition) is 2. The SMILES string of the molecule is C/C=C(\C)C(=O)O[C@@H]1CC(C)(C)C[C@@H]2C3=CC[C@@H]4[C@@]5(C)CC[C@H](O)C(C)(C)C5CC[C@@]4(C)[C@]3(C)CC[C@]21C(=O)O. The van der Waals surface area contributed by atoms with Crippen molar-refractivity contribution < 1.29 is 24.5 Å². The molecule has 0 bridgehead atoms. The lowest BCUT2D eigenvalue weighted by atomic mass is 9.33. The smallest absolute Gasteiger partial charge is 0.333 e. The zero-order valence-corrected chi connectivity index (χ0v) is 26.5. The molecule has 4 fully saturated rings. The Kier molecular flexibility index (Phi) is 6.86. The minimum Gasteiger partial charge on any atom is -0.481 e. The molecule has 40 heavy (non-hydrogen) atoms. The summed E-state index contributed by atoms with van der Waals surface area (Å²) < 4.78 is 6.14. The van der Waals surface area contributed by atoms with Gasteiger partial charge in [-0.1, -0.05) is 66.2 Å². The Morgan fingerprint density at radius 1 is 0.950 bits per heavy atom. The van der Waals surface area contributed by atoms with E-state index in [1.807, 2.05) is 6.92 Å². The van der Waals surface area contributed by atoms with Crippen LogP contribution in [0.4, 0.5) is 0 Å². The van der Waals surface area contributed by atoms with Crippen molar-refractivity contribution in [1.29, 1.82) is 0 Å². The molecular formula is C35H54O5. The summed E-state index contributed by atoms with van der Waals surface area (Å²) in [6.07, 6.45) is 11.1. The van der Waals surface area contributed by atoms with E-state index in [2.05, 4.69) is 54.5 Å². The Bertz CT molecular complexity index is 1150. The minimum atomic E-state index is -1.09. The van der Waals surface area contributed by atoms with Crippen LogP contribution in [0.3, 0.4) is 0 Å². The Labute approximate surface area is 242 Å². The summed E-state index contributed by atoms with van der Waals surface area (Å²) in [5.74, 6) is -0.369. The molecule has 4 saturated carbocycles. The third kappa shape index (κ3) is 3.81. The molecule has 0 spiro atoms. The molecule has 5 aliphatic rings. The highest BCUT2D eigenvalue weighted by atomic mass is 16.5. The normalized spacial score (nSPS) is 47.5. The zero-order valence-electron chi connectivity index (χ0n) is 26.5. The minimum absolute atomic E-state index is 0.0562. The molecule has 0 aromatic heterocycles. The van der Waals surface area contributed by atoms with Crippen molar-refractivity contribution in [2.75, 3.05) is 0 Å². The number of ether oxygens (including phenoxy) is 1. The molecule has 0 heterocycles. The van der Waals surface area contributed by atoms with Crippen molar-refractivity contribution in [2.45, 2.75) is 132 Å². The van der Waals surface area contributed by atoms with Crippen LogP contribution in [0.5, 0.6) is 0 Å². The van der Waals surface area contributed by atoms with Gasteiger partial charge in [0.1, 0.15) is 11.5 Å². The van der Waals surface area contributed by atoms with Gasteiger partial charge in [-0.3, -0.25) is 4.79 Å². The number of fused-ring (bicyclic) bond motifs is 7. The van der Waals surface area contributed by atoms with Gasteiger partial charge in [0.25, 0.3) is 0 Å². The number of aliphatic hydroxyl groups is 1. The predicted octanol–water partition coefficient (Wildman–Crippen LogP) is 7.72. The van der Waals surface area contributed by atoms with Crippen LogP contribution >= 0.6 is 0 Å². The highest BCUT2D eigenvalue weighted by molar-refractivity contribution is 5.88. The number of esters is 1. The van der Waals surface area contributed by atoms with Gasteiger partial charge in [0.2, 0.25) is 0 Å². The summed E-state index contributed by atoms with van der Waals surface area (Å²) in [6.45, 7) is 20.0. The van der Waals surface area contributed by atoms with Crippen molar-refractivity contribution in [3.8, 4) is 0 Å². The van der Waals surface area contributed by atoms with Crippen LogP contribution in [0.25, 0.3) is 0 Å². The molecule has 0 aromatic rings. The third-order valence-corrected chi connectivity index (χ3v) is 14.0. The van der Waals surface area contributed by atoms with Gasteiger partial charge >= 0.3 is 11.9 Å². The zero-order chi connectivity index (χ0) is 29.7. The van der Waals surface area contributed by atoms with Crippen LogP contribution in [0.1, 0.15) is 120 Å². The fraction of sp³-hybridized carbons (Fsp3) is 0.829. The number of carboxylic acid groups (broad SMARTS) is 1. The van der Waals surface area contributed by atoms with Crippen LogP contribution in [0.2, 0.25) is 0 Å². The molecule has 0 aliphatic heterocycles. The molecule has 0 amide bonds. The number of aliphatic hydroxyl groups excluding tert-OH is 1. The molecule has 5 heteroatoms. The molecule has 0 radical (unpaired) electrons. The predicted molar refractivity (Wildman–Crippen MR) is 157 cm³/mol. The van der Waals surface area contributed by atoms with E-state index in [-0.39, 0.29) is 39.1 Å². The molecule has 1 unspecified atom stereocenters. The maximum Gasteiger partial charge on any atom is 0.333 e. The molecule has 5 nitrogen and oxygen atoms in total. The number of aliphatic carboxylic acids is 1. The van der Waals surface area contributed by atoms with Gasteiger partial charge in [0.05, 0.1) is 6.10 Å². The Morgan fingerprint density at radius 3 is 2.25 bits per heavy atom. The molecule has 5 aliphatic carbocycles. The first-order chi connectivity index (χ1) is 18.4. The summed E-state index contributed by atoms with van der Waals surface area (Å²) >= 11 is 0. The second-order valence-corrected chi connectivity index (χ2v) is 16.5. The molecular weight excluding hydrogens is 500 g/mol. The van der Waals surface area contributed by atoms with Gasteiger partial charge in [0, 0.05) is 11.5 Å². The number of carbonyl (C=O) groups excluding carboxylic acids is 1. The highest BCUT2D eigenvalue weighted by Crippen LogP contribution is 2.75. The molecule has 224 valence electrons. The van der Waals surface area contributed by atoms with Gasteiger partial charge in [-0.25, -0.2) is 4.79 Å². The first-order valence-corrected chi connectivity index (χ1v) is 15.9. The second-order valence-electron chi connectivity index (χ2n) is 16.5. The number of rotatable bonds is 3. The Hall–Kier alpha value is -1.62. The van der Waals surface area contributed by atoms with E-state index < -0.39 is 23.5 Å². The summed E-state index contributed by atoms with van der Waals surface area (Å²) in [6, 6.07) is 0. The average molecular weight is 555 g/mol. The number of allylic oxidation sites excluding steroid dienone is 3. The fourth-order valence-electron chi connectivity index (χ4n) is 11.3. The monoisotopic (exact) mass is 554 g/mol. The molecule has 0 saturated heterocycles.